The van der Waals surface area contributed by atoms with E-state index < -0.39 is 0 Å². The van der Waals surface area contributed by atoms with Gasteiger partial charge in [-0.2, -0.15) is 0 Å². The number of aryl methyl sites for hydroxylation is 3. The largest absolute Gasteiger partial charge is 0.332 e. The van der Waals surface area contributed by atoms with Gasteiger partial charge in [-0.3, -0.25) is 23.6 Å². The quantitative estimate of drug-likeness (QED) is 0.549. The lowest BCUT2D eigenvalue weighted by atomic mass is 10.1. The average molecular weight is 468 g/mol. The summed E-state index contributed by atoms with van der Waals surface area (Å²) in [6, 6.07) is 5.92. The highest BCUT2D eigenvalue weighted by Crippen LogP contribution is 2.18. The molecular weight excluding hydrogens is 434 g/mol. The Kier molecular flexibility index (Phi) is 6.99. The molecule has 1 amide bonds. The van der Waals surface area contributed by atoms with Crippen LogP contribution in [0.1, 0.15) is 17.5 Å². The van der Waals surface area contributed by atoms with Gasteiger partial charge in [0.2, 0.25) is 5.91 Å². The first-order valence-corrected chi connectivity index (χ1v) is 11.7. The fourth-order valence-electron chi connectivity index (χ4n) is 4.50. The van der Waals surface area contributed by atoms with Crippen molar-refractivity contribution in [3.8, 4) is 0 Å². The molecule has 2 aromatic heterocycles. The van der Waals surface area contributed by atoms with E-state index in [1.807, 2.05) is 32.0 Å². The summed E-state index contributed by atoms with van der Waals surface area (Å²) in [5, 5.41) is 3.03. The van der Waals surface area contributed by atoms with E-state index in [2.05, 4.69) is 20.1 Å². The molecule has 1 aromatic carbocycles. The van der Waals surface area contributed by atoms with Gasteiger partial charge in [0.1, 0.15) is 0 Å². The van der Waals surface area contributed by atoms with Gasteiger partial charge >= 0.3 is 5.69 Å². The first-order valence-electron chi connectivity index (χ1n) is 11.7. The van der Waals surface area contributed by atoms with Gasteiger partial charge in [-0.15, -0.1) is 0 Å². The first kappa shape index (κ1) is 23.9. The summed E-state index contributed by atoms with van der Waals surface area (Å²) in [7, 11) is 3.40. The van der Waals surface area contributed by atoms with Crippen LogP contribution in [0.3, 0.4) is 0 Å². The van der Waals surface area contributed by atoms with Crippen LogP contribution in [0.5, 0.6) is 0 Å². The zero-order valence-electron chi connectivity index (χ0n) is 20.4. The Balaban J connectivity index is 1.26. The van der Waals surface area contributed by atoms with E-state index in [1.54, 1.807) is 25.0 Å². The number of piperazine rings is 1. The number of benzene rings is 1. The lowest BCUT2D eigenvalue weighted by Gasteiger charge is -2.34. The van der Waals surface area contributed by atoms with E-state index >= 15 is 0 Å². The molecule has 10 heteroatoms. The van der Waals surface area contributed by atoms with Gasteiger partial charge in [0.05, 0.1) is 12.9 Å². The molecule has 182 valence electrons. The molecule has 0 aliphatic carbocycles. The highest BCUT2D eigenvalue weighted by molar-refractivity contribution is 5.93. The molecule has 0 spiro atoms. The number of hydrogen-bond acceptors (Lipinski definition) is 6. The van der Waals surface area contributed by atoms with Gasteiger partial charge in [-0.05, 0) is 44.0 Å². The number of carbonyl (C=O) groups is 1. The van der Waals surface area contributed by atoms with Gasteiger partial charge in [0.25, 0.3) is 5.56 Å². The van der Waals surface area contributed by atoms with Crippen molar-refractivity contribution in [1.82, 2.24) is 28.5 Å². The van der Waals surface area contributed by atoms with Crippen molar-refractivity contribution in [3.05, 3.63) is 56.5 Å². The van der Waals surface area contributed by atoms with Crippen molar-refractivity contribution in [2.75, 3.05) is 44.6 Å². The topological polar surface area (TPSA) is 97.4 Å². The summed E-state index contributed by atoms with van der Waals surface area (Å²) in [6.07, 6.45) is 2.25. The Morgan fingerprint density at radius 3 is 2.47 bits per heavy atom. The van der Waals surface area contributed by atoms with Crippen LogP contribution in [0.4, 0.5) is 5.69 Å². The van der Waals surface area contributed by atoms with E-state index in [0.717, 1.165) is 49.5 Å². The van der Waals surface area contributed by atoms with Crippen molar-refractivity contribution in [2.45, 2.75) is 26.8 Å². The number of anilines is 1. The molecule has 0 radical (unpaired) electrons. The molecule has 3 heterocycles. The summed E-state index contributed by atoms with van der Waals surface area (Å²) >= 11 is 0. The van der Waals surface area contributed by atoms with Gasteiger partial charge in [0.15, 0.2) is 11.2 Å². The molecule has 4 rings (SSSR count). The molecule has 1 N–H and O–H groups in total. The van der Waals surface area contributed by atoms with Crippen molar-refractivity contribution < 1.29 is 4.79 Å². The van der Waals surface area contributed by atoms with Crippen LogP contribution in [-0.2, 0) is 25.4 Å². The number of rotatable bonds is 7. The maximum absolute atomic E-state index is 12.8. The Morgan fingerprint density at radius 2 is 1.74 bits per heavy atom. The molecule has 1 aliphatic heterocycles. The normalized spacial score (nSPS) is 15.2. The predicted octanol–water partition coefficient (Wildman–Crippen LogP) is 0.697. The minimum Gasteiger partial charge on any atom is -0.328 e. The van der Waals surface area contributed by atoms with E-state index in [4.69, 9.17) is 0 Å². The summed E-state index contributed by atoms with van der Waals surface area (Å²) in [4.78, 5) is 46.6. The monoisotopic (exact) mass is 467 g/mol. The van der Waals surface area contributed by atoms with E-state index in [-0.39, 0.29) is 17.2 Å². The second-order valence-electron chi connectivity index (χ2n) is 9.09. The van der Waals surface area contributed by atoms with Gasteiger partial charge in [0, 0.05) is 52.5 Å². The zero-order chi connectivity index (χ0) is 24.4. The third-order valence-electron chi connectivity index (χ3n) is 6.77. The zero-order valence-corrected chi connectivity index (χ0v) is 20.4. The van der Waals surface area contributed by atoms with Crippen molar-refractivity contribution >= 4 is 22.8 Å². The summed E-state index contributed by atoms with van der Waals surface area (Å²) in [5.74, 6) is 0.00271. The molecule has 34 heavy (non-hydrogen) atoms. The van der Waals surface area contributed by atoms with E-state index in [0.29, 0.717) is 30.7 Å². The van der Waals surface area contributed by atoms with Crippen LogP contribution in [-0.4, -0.2) is 73.7 Å². The first-order chi connectivity index (χ1) is 16.3. The Bertz CT molecular complexity index is 1310. The minimum atomic E-state index is -0.337. The average Bonchev–Trinajstić information content (AvgIpc) is 3.20. The van der Waals surface area contributed by atoms with Gasteiger partial charge < -0.3 is 14.8 Å². The van der Waals surface area contributed by atoms with Crippen molar-refractivity contribution in [2.24, 2.45) is 14.1 Å². The number of carbonyl (C=O) groups excluding carboxylic acids is 1. The molecule has 10 nitrogen and oxygen atoms in total. The number of hydrogen-bond donors (Lipinski definition) is 1. The highest BCUT2D eigenvalue weighted by Gasteiger charge is 2.20. The summed E-state index contributed by atoms with van der Waals surface area (Å²) in [6.45, 7) is 8.91. The summed E-state index contributed by atoms with van der Waals surface area (Å²) < 4.78 is 4.39. The lowest BCUT2D eigenvalue weighted by molar-refractivity contribution is -0.117. The standard InChI is InChI=1S/C24H33N7O3/c1-17-7-5-8-19(18(17)2)26-20(32)15-30-13-11-29(12-14-30)9-6-10-31-23(33)21-22(25-16-27(21)3)28(4)24(31)34/h5,7-8,16H,6,9-15H2,1-4H3,(H,26,32). The van der Waals surface area contributed by atoms with Crippen LogP contribution in [0, 0.1) is 13.8 Å². The molecular formula is C24H33N7O3. The van der Waals surface area contributed by atoms with Crippen molar-refractivity contribution in [3.63, 3.8) is 0 Å². The molecule has 0 atom stereocenters. The Hall–Kier alpha value is -3.24. The SMILES string of the molecule is Cc1cccc(NC(=O)CN2CCN(CCCn3c(=O)c4c(ncn4C)n(C)c3=O)CC2)c1C. The molecule has 1 aliphatic rings. The fourth-order valence-corrected chi connectivity index (χ4v) is 4.50. The number of imidazole rings is 1. The molecule has 1 saturated heterocycles. The fraction of sp³-hybridized carbons (Fsp3) is 0.500. The highest BCUT2D eigenvalue weighted by atomic mass is 16.2. The number of nitrogens with zero attached hydrogens (tertiary/aromatic N) is 6. The van der Waals surface area contributed by atoms with Crippen LogP contribution >= 0.6 is 0 Å². The van der Waals surface area contributed by atoms with Crippen LogP contribution in [0.25, 0.3) is 11.2 Å². The molecule has 3 aromatic rings. The van der Waals surface area contributed by atoms with Crippen LogP contribution < -0.4 is 16.6 Å². The number of amides is 1. The maximum atomic E-state index is 12.8. The predicted molar refractivity (Wildman–Crippen MR) is 132 cm³/mol. The minimum absolute atomic E-state index is 0.00271. The smallest absolute Gasteiger partial charge is 0.328 e. The van der Waals surface area contributed by atoms with Crippen LogP contribution in [0.2, 0.25) is 0 Å². The van der Waals surface area contributed by atoms with E-state index in [1.165, 1.54) is 9.13 Å². The van der Waals surface area contributed by atoms with Gasteiger partial charge in [-0.25, -0.2) is 9.78 Å². The lowest BCUT2D eigenvalue weighted by Crippen LogP contribution is -2.49. The summed E-state index contributed by atoms with van der Waals surface area (Å²) in [5.41, 5.74) is 3.34. The number of nitrogens with one attached hydrogen (secondary N) is 1. The second-order valence-corrected chi connectivity index (χ2v) is 9.09. The Morgan fingerprint density at radius 1 is 1.03 bits per heavy atom. The second kappa shape index (κ2) is 9.94. The molecule has 0 bridgehead atoms. The van der Waals surface area contributed by atoms with Crippen LogP contribution in [0.15, 0.2) is 34.1 Å². The Labute approximate surface area is 198 Å². The van der Waals surface area contributed by atoms with Gasteiger partial charge in [-0.1, -0.05) is 12.1 Å². The maximum Gasteiger partial charge on any atom is 0.332 e. The number of aromatic nitrogens is 4. The number of fused-ring (bicyclic) bond motifs is 1. The third kappa shape index (κ3) is 4.83. The molecule has 1 fully saturated rings. The van der Waals surface area contributed by atoms with E-state index in [9.17, 15) is 14.4 Å². The molecule has 0 saturated carbocycles. The van der Waals surface area contributed by atoms with Crippen molar-refractivity contribution in [1.29, 1.82) is 0 Å². The molecule has 0 unspecified atom stereocenters. The third-order valence-corrected chi connectivity index (χ3v) is 6.77.